The molecular weight excluding hydrogens is 398 g/mol. The summed E-state index contributed by atoms with van der Waals surface area (Å²) in [6.45, 7) is 5.11. The highest BCUT2D eigenvalue weighted by atomic mass is 32.1. The van der Waals surface area contributed by atoms with Crippen LogP contribution in [-0.4, -0.2) is 47.8 Å². The number of carbonyl (C=O) groups excluding carboxylic acids is 3. The summed E-state index contributed by atoms with van der Waals surface area (Å²) in [6.07, 6.45) is 2.16. The maximum Gasteiger partial charge on any atom is 0.262 e. The van der Waals surface area contributed by atoms with Crippen molar-refractivity contribution in [2.75, 3.05) is 13.1 Å². The van der Waals surface area contributed by atoms with Crippen LogP contribution in [0.15, 0.2) is 47.8 Å². The molecule has 1 aliphatic rings. The van der Waals surface area contributed by atoms with Crippen molar-refractivity contribution in [1.82, 2.24) is 15.5 Å². The number of nitrogens with zero attached hydrogens (tertiary/aromatic N) is 1. The van der Waals surface area contributed by atoms with E-state index in [1.165, 1.54) is 11.3 Å². The van der Waals surface area contributed by atoms with Crippen LogP contribution in [0.5, 0.6) is 0 Å². The maximum absolute atomic E-state index is 13.0. The van der Waals surface area contributed by atoms with E-state index in [0.29, 0.717) is 36.4 Å². The normalized spacial score (nSPS) is 16.5. The number of carbonyl (C=O) groups is 3. The third-order valence-corrected chi connectivity index (χ3v) is 6.50. The van der Waals surface area contributed by atoms with Crippen molar-refractivity contribution in [3.63, 3.8) is 0 Å². The van der Waals surface area contributed by atoms with Gasteiger partial charge in [0.2, 0.25) is 5.91 Å². The lowest BCUT2D eigenvalue weighted by atomic mass is 9.88. The Hall–Kier alpha value is -2.67. The summed E-state index contributed by atoms with van der Waals surface area (Å²) in [7, 11) is 0. The Morgan fingerprint density at radius 3 is 2.37 bits per heavy atom. The molecule has 2 N–H and O–H groups in total. The molecule has 0 radical (unpaired) electrons. The third kappa shape index (κ3) is 5.48. The van der Waals surface area contributed by atoms with E-state index in [-0.39, 0.29) is 29.7 Å². The number of nitrogens with one attached hydrogen (secondary N) is 2. The maximum atomic E-state index is 13.0. The number of amides is 3. The van der Waals surface area contributed by atoms with Gasteiger partial charge in [0.1, 0.15) is 6.04 Å². The molecule has 0 aliphatic carbocycles. The molecule has 2 heterocycles. The predicted molar refractivity (Wildman–Crippen MR) is 119 cm³/mol. The van der Waals surface area contributed by atoms with E-state index >= 15 is 0 Å². The molecular formula is C23H29N3O3S. The second kappa shape index (κ2) is 10.4. The van der Waals surface area contributed by atoms with E-state index in [0.717, 1.165) is 6.42 Å². The predicted octanol–water partition coefficient (Wildman–Crippen LogP) is 3.31. The van der Waals surface area contributed by atoms with Gasteiger partial charge in [-0.15, -0.1) is 11.3 Å². The minimum Gasteiger partial charge on any atom is -0.352 e. The first-order valence-electron chi connectivity index (χ1n) is 10.5. The number of benzene rings is 1. The van der Waals surface area contributed by atoms with Crippen LogP contribution in [0, 0.1) is 5.92 Å². The summed E-state index contributed by atoms with van der Waals surface area (Å²) in [5.41, 5.74) is 0.674. The molecule has 0 bridgehead atoms. The van der Waals surface area contributed by atoms with E-state index in [1.54, 1.807) is 6.07 Å². The van der Waals surface area contributed by atoms with Gasteiger partial charge in [-0.25, -0.2) is 0 Å². The Labute approximate surface area is 181 Å². The van der Waals surface area contributed by atoms with Gasteiger partial charge in [-0.05, 0) is 55.7 Å². The number of hydrogen-bond donors (Lipinski definition) is 2. The monoisotopic (exact) mass is 427 g/mol. The molecule has 2 unspecified atom stereocenters. The van der Waals surface area contributed by atoms with Crippen LogP contribution in [0.4, 0.5) is 0 Å². The van der Waals surface area contributed by atoms with Crippen molar-refractivity contribution in [3.05, 3.63) is 58.3 Å². The van der Waals surface area contributed by atoms with Crippen LogP contribution in [0.1, 0.15) is 53.1 Å². The number of likely N-dealkylation sites (tertiary alicyclic amines) is 1. The van der Waals surface area contributed by atoms with E-state index in [9.17, 15) is 14.4 Å². The van der Waals surface area contributed by atoms with Crippen LogP contribution in [0.25, 0.3) is 0 Å². The van der Waals surface area contributed by atoms with E-state index < -0.39 is 6.04 Å². The Morgan fingerprint density at radius 1 is 1.07 bits per heavy atom. The summed E-state index contributed by atoms with van der Waals surface area (Å²) in [5, 5.41) is 7.80. The summed E-state index contributed by atoms with van der Waals surface area (Å²) < 4.78 is 0. The number of hydrogen-bond acceptors (Lipinski definition) is 4. The standard InChI is InChI=1S/C23H29N3O3S/c1-3-16(2)24-22(28)20(25-21(27)19-10-7-15-30-19)17-11-13-26(14-12-17)23(29)18-8-5-4-6-9-18/h4-10,15-17,20H,3,11-14H2,1-2H3,(H,24,28)(H,25,27). The molecule has 1 saturated heterocycles. The highest BCUT2D eigenvalue weighted by Crippen LogP contribution is 2.23. The third-order valence-electron chi connectivity index (χ3n) is 5.63. The first-order chi connectivity index (χ1) is 14.5. The molecule has 30 heavy (non-hydrogen) atoms. The molecule has 1 fully saturated rings. The zero-order valence-electron chi connectivity index (χ0n) is 17.5. The summed E-state index contributed by atoms with van der Waals surface area (Å²) in [4.78, 5) is 40.7. The van der Waals surface area contributed by atoms with Gasteiger partial charge in [0, 0.05) is 24.7 Å². The molecule has 2 aromatic rings. The quantitative estimate of drug-likeness (QED) is 0.712. The molecule has 1 aliphatic heterocycles. The molecule has 6 nitrogen and oxygen atoms in total. The number of rotatable bonds is 7. The van der Waals surface area contributed by atoms with Gasteiger partial charge in [0.25, 0.3) is 11.8 Å². The molecule has 2 atom stereocenters. The van der Waals surface area contributed by atoms with Gasteiger partial charge in [-0.3, -0.25) is 14.4 Å². The number of piperidine rings is 1. The molecule has 3 amide bonds. The van der Waals surface area contributed by atoms with Crippen molar-refractivity contribution >= 4 is 29.1 Å². The lowest BCUT2D eigenvalue weighted by molar-refractivity contribution is -0.125. The lowest BCUT2D eigenvalue weighted by Crippen LogP contribution is -2.55. The van der Waals surface area contributed by atoms with E-state index in [2.05, 4.69) is 10.6 Å². The van der Waals surface area contributed by atoms with Crippen molar-refractivity contribution in [1.29, 1.82) is 0 Å². The van der Waals surface area contributed by atoms with E-state index in [4.69, 9.17) is 0 Å². The van der Waals surface area contributed by atoms with Gasteiger partial charge < -0.3 is 15.5 Å². The largest absolute Gasteiger partial charge is 0.352 e. The fraction of sp³-hybridized carbons (Fsp3) is 0.435. The lowest BCUT2D eigenvalue weighted by Gasteiger charge is -2.36. The molecule has 1 aromatic carbocycles. The molecule has 3 rings (SSSR count). The number of thiophene rings is 1. The summed E-state index contributed by atoms with van der Waals surface area (Å²) >= 11 is 1.36. The zero-order chi connectivity index (χ0) is 21.5. The average molecular weight is 428 g/mol. The van der Waals surface area contributed by atoms with Crippen molar-refractivity contribution in [3.8, 4) is 0 Å². The zero-order valence-corrected chi connectivity index (χ0v) is 18.3. The SMILES string of the molecule is CCC(C)NC(=O)C(NC(=O)c1cccs1)C1CCN(C(=O)c2ccccc2)CC1. The Morgan fingerprint density at radius 2 is 1.77 bits per heavy atom. The first-order valence-corrected chi connectivity index (χ1v) is 11.4. The summed E-state index contributed by atoms with van der Waals surface area (Å²) in [5.74, 6) is -0.380. The van der Waals surface area contributed by atoms with Crippen LogP contribution in [0.3, 0.4) is 0 Å². The fourth-order valence-corrected chi connectivity index (χ4v) is 4.28. The van der Waals surface area contributed by atoms with Crippen LogP contribution < -0.4 is 10.6 Å². The highest BCUT2D eigenvalue weighted by molar-refractivity contribution is 7.12. The minimum absolute atomic E-state index is 0.0114. The second-order valence-corrected chi connectivity index (χ2v) is 8.69. The molecule has 0 saturated carbocycles. The molecule has 7 heteroatoms. The van der Waals surface area contributed by atoms with Gasteiger partial charge in [-0.2, -0.15) is 0 Å². The van der Waals surface area contributed by atoms with Crippen LogP contribution in [0.2, 0.25) is 0 Å². The fourth-order valence-electron chi connectivity index (χ4n) is 3.65. The molecule has 0 spiro atoms. The second-order valence-electron chi connectivity index (χ2n) is 7.74. The van der Waals surface area contributed by atoms with Gasteiger partial charge in [0.15, 0.2) is 0 Å². The summed E-state index contributed by atoms with van der Waals surface area (Å²) in [6, 6.07) is 12.2. The average Bonchev–Trinajstić information content (AvgIpc) is 3.32. The topological polar surface area (TPSA) is 78.5 Å². The van der Waals surface area contributed by atoms with Crippen molar-refractivity contribution in [2.45, 2.75) is 45.2 Å². The van der Waals surface area contributed by atoms with Gasteiger partial charge in [0.05, 0.1) is 4.88 Å². The van der Waals surface area contributed by atoms with Crippen LogP contribution in [-0.2, 0) is 4.79 Å². The Balaban J connectivity index is 1.67. The Bertz CT molecular complexity index is 846. The van der Waals surface area contributed by atoms with E-state index in [1.807, 2.05) is 60.5 Å². The first kappa shape index (κ1) is 22.0. The smallest absolute Gasteiger partial charge is 0.262 e. The van der Waals surface area contributed by atoms with Gasteiger partial charge >= 0.3 is 0 Å². The highest BCUT2D eigenvalue weighted by Gasteiger charge is 2.34. The Kier molecular flexibility index (Phi) is 7.63. The van der Waals surface area contributed by atoms with Gasteiger partial charge in [-0.1, -0.05) is 31.2 Å². The minimum atomic E-state index is -0.609. The van der Waals surface area contributed by atoms with Crippen LogP contribution >= 0.6 is 11.3 Å². The van der Waals surface area contributed by atoms with Crippen molar-refractivity contribution in [2.24, 2.45) is 5.92 Å². The van der Waals surface area contributed by atoms with Crippen molar-refractivity contribution < 1.29 is 14.4 Å². The molecule has 1 aromatic heterocycles. The molecule has 160 valence electrons.